The van der Waals surface area contributed by atoms with E-state index in [2.05, 4.69) is 10.3 Å². The van der Waals surface area contributed by atoms with Crippen molar-refractivity contribution < 1.29 is 9.53 Å². The summed E-state index contributed by atoms with van der Waals surface area (Å²) < 4.78 is 5.19. The topological polar surface area (TPSA) is 51.2 Å². The number of nitrogens with one attached hydrogen (secondary N) is 1. The summed E-state index contributed by atoms with van der Waals surface area (Å²) in [5, 5.41) is 2.79. The fraction of sp³-hybridized carbons (Fsp3) is 0.500. The zero-order valence-electron chi connectivity index (χ0n) is 9.99. The molecule has 0 radical (unpaired) electrons. The van der Waals surface area contributed by atoms with Crippen LogP contribution in [-0.4, -0.2) is 23.6 Å². The molecule has 0 atom stereocenters. The third-order valence-corrected chi connectivity index (χ3v) is 2.17. The van der Waals surface area contributed by atoms with Gasteiger partial charge in [0.2, 0.25) is 5.91 Å². The monoisotopic (exact) mass is 222 g/mol. The Balaban J connectivity index is 2.35. The van der Waals surface area contributed by atoms with Crippen molar-refractivity contribution in [2.75, 3.05) is 6.61 Å². The van der Waals surface area contributed by atoms with Crippen LogP contribution in [0.15, 0.2) is 18.5 Å². The zero-order chi connectivity index (χ0) is 12.0. The highest BCUT2D eigenvalue weighted by Crippen LogP contribution is 2.03. The van der Waals surface area contributed by atoms with Crippen LogP contribution >= 0.6 is 0 Å². The molecule has 1 aromatic rings. The first-order valence-electron chi connectivity index (χ1n) is 5.37. The molecule has 1 amide bonds. The Morgan fingerprint density at radius 3 is 2.94 bits per heavy atom. The fourth-order valence-electron chi connectivity index (χ4n) is 1.17. The van der Waals surface area contributed by atoms with Gasteiger partial charge >= 0.3 is 0 Å². The highest BCUT2D eigenvalue weighted by Gasteiger charge is 2.04. The van der Waals surface area contributed by atoms with Gasteiger partial charge in [-0.25, -0.2) is 0 Å². The van der Waals surface area contributed by atoms with Gasteiger partial charge in [0.25, 0.3) is 0 Å². The van der Waals surface area contributed by atoms with Crippen LogP contribution in [0.4, 0.5) is 0 Å². The molecule has 0 bridgehead atoms. The number of hydrogen-bond donors (Lipinski definition) is 1. The molecule has 1 heterocycles. The van der Waals surface area contributed by atoms with Crippen LogP contribution in [-0.2, 0) is 16.1 Å². The van der Waals surface area contributed by atoms with Crippen molar-refractivity contribution in [2.45, 2.75) is 33.4 Å². The van der Waals surface area contributed by atoms with E-state index in [-0.39, 0.29) is 18.6 Å². The number of pyridine rings is 1. The normalized spacial score (nSPS) is 10.5. The van der Waals surface area contributed by atoms with Crippen LogP contribution < -0.4 is 5.32 Å². The average Bonchev–Trinajstić information content (AvgIpc) is 2.25. The summed E-state index contributed by atoms with van der Waals surface area (Å²) in [6.07, 6.45) is 3.58. The number of carbonyl (C=O) groups excluding carboxylic acids is 1. The highest BCUT2D eigenvalue weighted by molar-refractivity contribution is 5.77. The SMILES string of the molecule is Cc1ccncc1CNC(=O)COC(C)C. The van der Waals surface area contributed by atoms with Gasteiger partial charge in [0.05, 0.1) is 6.10 Å². The van der Waals surface area contributed by atoms with Crippen molar-refractivity contribution in [3.63, 3.8) is 0 Å². The van der Waals surface area contributed by atoms with Crippen LogP contribution in [0.3, 0.4) is 0 Å². The predicted octanol–water partition coefficient (Wildman–Crippen LogP) is 1.43. The van der Waals surface area contributed by atoms with E-state index in [1.165, 1.54) is 0 Å². The van der Waals surface area contributed by atoms with Gasteiger partial charge in [-0.2, -0.15) is 0 Å². The molecule has 0 aliphatic heterocycles. The molecule has 0 aromatic carbocycles. The van der Waals surface area contributed by atoms with E-state index in [0.29, 0.717) is 6.54 Å². The van der Waals surface area contributed by atoms with Crippen LogP contribution in [0, 0.1) is 6.92 Å². The first kappa shape index (κ1) is 12.6. The number of ether oxygens (including phenoxy) is 1. The highest BCUT2D eigenvalue weighted by atomic mass is 16.5. The number of hydrogen-bond acceptors (Lipinski definition) is 3. The number of carbonyl (C=O) groups is 1. The van der Waals surface area contributed by atoms with Gasteiger partial charge < -0.3 is 10.1 Å². The van der Waals surface area contributed by atoms with E-state index in [9.17, 15) is 4.79 Å². The minimum atomic E-state index is -0.100. The summed E-state index contributed by atoms with van der Waals surface area (Å²) in [5.74, 6) is -0.100. The number of amides is 1. The maximum absolute atomic E-state index is 11.4. The van der Waals surface area contributed by atoms with Crippen LogP contribution in [0.1, 0.15) is 25.0 Å². The van der Waals surface area contributed by atoms with Gasteiger partial charge in [0.1, 0.15) is 6.61 Å². The largest absolute Gasteiger partial charge is 0.369 e. The molecular formula is C12H18N2O2. The molecule has 0 saturated heterocycles. The summed E-state index contributed by atoms with van der Waals surface area (Å²) in [7, 11) is 0. The lowest BCUT2D eigenvalue weighted by Gasteiger charge is -2.09. The predicted molar refractivity (Wildman–Crippen MR) is 61.9 cm³/mol. The van der Waals surface area contributed by atoms with Crippen molar-refractivity contribution in [1.82, 2.24) is 10.3 Å². The molecule has 0 aliphatic rings. The second-order valence-corrected chi connectivity index (χ2v) is 3.94. The first-order valence-corrected chi connectivity index (χ1v) is 5.37. The van der Waals surface area contributed by atoms with E-state index >= 15 is 0 Å². The van der Waals surface area contributed by atoms with Crippen LogP contribution in [0.5, 0.6) is 0 Å². The van der Waals surface area contributed by atoms with E-state index < -0.39 is 0 Å². The minimum absolute atomic E-state index is 0.0749. The molecule has 0 fully saturated rings. The summed E-state index contributed by atoms with van der Waals surface area (Å²) in [4.78, 5) is 15.4. The summed E-state index contributed by atoms with van der Waals surface area (Å²) in [6.45, 7) is 6.40. The molecule has 88 valence electrons. The van der Waals surface area contributed by atoms with Crippen molar-refractivity contribution in [3.05, 3.63) is 29.6 Å². The first-order chi connectivity index (χ1) is 7.59. The Morgan fingerprint density at radius 1 is 1.56 bits per heavy atom. The maximum atomic E-state index is 11.4. The second-order valence-electron chi connectivity index (χ2n) is 3.94. The Hall–Kier alpha value is -1.42. The molecule has 1 rings (SSSR count). The van der Waals surface area contributed by atoms with Gasteiger partial charge in [-0.3, -0.25) is 9.78 Å². The molecule has 1 aromatic heterocycles. The zero-order valence-corrected chi connectivity index (χ0v) is 9.99. The van der Waals surface area contributed by atoms with Crippen molar-refractivity contribution in [2.24, 2.45) is 0 Å². The molecule has 16 heavy (non-hydrogen) atoms. The molecule has 0 unspecified atom stereocenters. The standard InChI is InChI=1S/C12H18N2O2/c1-9(2)16-8-12(15)14-7-11-6-13-5-4-10(11)3/h4-6,9H,7-8H2,1-3H3,(H,14,15). The smallest absolute Gasteiger partial charge is 0.246 e. The van der Waals surface area contributed by atoms with E-state index in [1.807, 2.05) is 26.8 Å². The number of aromatic nitrogens is 1. The van der Waals surface area contributed by atoms with Crippen LogP contribution in [0.25, 0.3) is 0 Å². The molecule has 0 aliphatic carbocycles. The average molecular weight is 222 g/mol. The van der Waals surface area contributed by atoms with E-state index in [4.69, 9.17) is 4.74 Å². The molecule has 1 N–H and O–H groups in total. The van der Waals surface area contributed by atoms with Gasteiger partial charge in [0.15, 0.2) is 0 Å². The number of aryl methyl sites for hydroxylation is 1. The molecule has 4 nitrogen and oxygen atoms in total. The van der Waals surface area contributed by atoms with E-state index in [0.717, 1.165) is 11.1 Å². The minimum Gasteiger partial charge on any atom is -0.369 e. The lowest BCUT2D eigenvalue weighted by Crippen LogP contribution is -2.28. The Labute approximate surface area is 96.0 Å². The van der Waals surface area contributed by atoms with Gasteiger partial charge in [-0.05, 0) is 38.0 Å². The van der Waals surface area contributed by atoms with Crippen molar-refractivity contribution >= 4 is 5.91 Å². The Kier molecular flexibility index (Phi) is 4.92. The summed E-state index contributed by atoms with van der Waals surface area (Å²) >= 11 is 0. The third-order valence-electron chi connectivity index (χ3n) is 2.17. The van der Waals surface area contributed by atoms with Crippen molar-refractivity contribution in [1.29, 1.82) is 0 Å². The quantitative estimate of drug-likeness (QED) is 0.820. The molecule has 0 spiro atoms. The lowest BCUT2D eigenvalue weighted by molar-refractivity contribution is -0.127. The Bertz CT molecular complexity index is 351. The fourth-order valence-corrected chi connectivity index (χ4v) is 1.17. The van der Waals surface area contributed by atoms with Gasteiger partial charge in [-0.1, -0.05) is 0 Å². The third kappa shape index (κ3) is 4.40. The summed E-state index contributed by atoms with van der Waals surface area (Å²) in [6, 6.07) is 1.92. The maximum Gasteiger partial charge on any atom is 0.246 e. The second kappa shape index (κ2) is 6.23. The number of rotatable bonds is 5. The summed E-state index contributed by atoms with van der Waals surface area (Å²) in [5.41, 5.74) is 2.15. The van der Waals surface area contributed by atoms with E-state index in [1.54, 1.807) is 12.4 Å². The number of nitrogens with zero attached hydrogens (tertiary/aromatic N) is 1. The van der Waals surface area contributed by atoms with Gasteiger partial charge in [-0.15, -0.1) is 0 Å². The lowest BCUT2D eigenvalue weighted by atomic mass is 10.1. The molecule has 0 saturated carbocycles. The van der Waals surface area contributed by atoms with Crippen molar-refractivity contribution in [3.8, 4) is 0 Å². The molecule has 4 heteroatoms. The Morgan fingerprint density at radius 2 is 2.31 bits per heavy atom. The molecular weight excluding hydrogens is 204 g/mol. The van der Waals surface area contributed by atoms with Gasteiger partial charge in [0, 0.05) is 18.9 Å². The van der Waals surface area contributed by atoms with Crippen LogP contribution in [0.2, 0.25) is 0 Å².